The number of likely N-dealkylation sites (N-methyl/N-ethyl adjacent to an activating group) is 2. The number of nitrogens with zero attached hydrogens (tertiary/aromatic N) is 3. The normalized spacial score (nSPS) is 23.1. The number of methoxy groups -OCH3 is 2. The number of piperidine rings is 1. The summed E-state index contributed by atoms with van der Waals surface area (Å²) in [7, 11) is 6.88. The number of hydrogen-bond acceptors (Lipinski definition) is 9. The molecule has 4 rings (SSSR count). The van der Waals surface area contributed by atoms with Crippen LogP contribution in [0.1, 0.15) is 91.5 Å². The van der Waals surface area contributed by atoms with Crippen LogP contribution in [0.25, 0.3) is 0 Å². The van der Waals surface area contributed by atoms with Crippen LogP contribution in [0.15, 0.2) is 30.3 Å². The van der Waals surface area contributed by atoms with Gasteiger partial charge in [-0.05, 0) is 57.9 Å². The Morgan fingerprint density at radius 3 is 2.20 bits per heavy atom. The van der Waals surface area contributed by atoms with Crippen LogP contribution in [0.5, 0.6) is 0 Å². The van der Waals surface area contributed by atoms with Gasteiger partial charge in [-0.2, -0.15) is 0 Å². The predicted octanol–water partition coefficient (Wildman–Crippen LogP) is 4.64. The van der Waals surface area contributed by atoms with Gasteiger partial charge in [0.05, 0.1) is 49.2 Å². The molecule has 4 N–H and O–H groups in total. The SMILES string of the molecule is CCC.CCC(C)C(C(CC(=O)N1CCCC1C(OC)C(C)C(=O)NCCSN)OC)N(C)C(=O)CNC(=O)C1C2CCC(C2)N1C.Cc1ccccc1. The van der Waals surface area contributed by atoms with Gasteiger partial charge in [0.2, 0.25) is 23.6 Å². The number of nitrogens with two attached hydrogens (primary N) is 1. The lowest BCUT2D eigenvalue weighted by Gasteiger charge is -2.39. The first-order chi connectivity index (χ1) is 25.8. The maximum atomic E-state index is 13.8. The molecule has 2 aliphatic heterocycles. The fraction of sp³-hybridized carbons (Fsp3) is 0.756. The Hall–Kier alpha value is -2.71. The van der Waals surface area contributed by atoms with Gasteiger partial charge >= 0.3 is 0 Å². The van der Waals surface area contributed by atoms with Crippen LogP contribution in [0, 0.1) is 24.7 Å². The summed E-state index contributed by atoms with van der Waals surface area (Å²) in [6, 6.07) is 9.93. The number of amides is 4. The molecule has 308 valence electrons. The maximum absolute atomic E-state index is 13.8. The number of nitrogens with one attached hydrogen (secondary N) is 2. The zero-order valence-electron chi connectivity index (χ0n) is 34.8. The van der Waals surface area contributed by atoms with E-state index in [1.165, 1.54) is 23.9 Å². The van der Waals surface area contributed by atoms with Crippen LogP contribution in [-0.2, 0) is 28.7 Å². The highest BCUT2D eigenvalue weighted by atomic mass is 32.2. The van der Waals surface area contributed by atoms with E-state index in [-0.39, 0.29) is 60.6 Å². The minimum absolute atomic E-state index is 0.0469. The lowest BCUT2D eigenvalue weighted by atomic mass is 9.90. The summed E-state index contributed by atoms with van der Waals surface area (Å²) in [6.07, 6.45) is 5.91. The zero-order chi connectivity index (χ0) is 40.4. The molecule has 4 amide bonds. The van der Waals surface area contributed by atoms with Gasteiger partial charge in [0, 0.05) is 46.2 Å². The highest BCUT2D eigenvalue weighted by Crippen LogP contribution is 2.41. The summed E-state index contributed by atoms with van der Waals surface area (Å²) >= 11 is 1.17. The Kier molecular flexibility index (Phi) is 21.7. The van der Waals surface area contributed by atoms with E-state index in [1.54, 1.807) is 26.2 Å². The molecule has 2 bridgehead atoms. The Balaban J connectivity index is 0.000000878. The first-order valence-electron chi connectivity index (χ1n) is 20.0. The molecular formula is C41H72N6O6S. The monoisotopic (exact) mass is 777 g/mol. The molecule has 9 unspecified atom stereocenters. The molecular weight excluding hydrogens is 705 g/mol. The number of aryl methyl sites for hydroxylation is 1. The summed E-state index contributed by atoms with van der Waals surface area (Å²) in [6.45, 7) is 13.2. The molecule has 1 aliphatic carbocycles. The van der Waals surface area contributed by atoms with Gasteiger partial charge in [0.15, 0.2) is 0 Å². The number of ether oxygens (including phenoxy) is 2. The highest BCUT2D eigenvalue weighted by molar-refractivity contribution is 7.97. The van der Waals surface area contributed by atoms with Crippen molar-refractivity contribution >= 4 is 35.6 Å². The van der Waals surface area contributed by atoms with Crippen molar-refractivity contribution in [2.45, 2.75) is 129 Å². The van der Waals surface area contributed by atoms with Crippen LogP contribution < -0.4 is 15.8 Å². The number of fused-ring (bicyclic) bond motifs is 2. The van der Waals surface area contributed by atoms with Crippen molar-refractivity contribution in [1.29, 1.82) is 0 Å². The van der Waals surface area contributed by atoms with Crippen molar-refractivity contribution in [2.75, 3.05) is 53.7 Å². The Morgan fingerprint density at radius 1 is 1.02 bits per heavy atom. The number of carbonyl (C=O) groups excluding carboxylic acids is 4. The van der Waals surface area contributed by atoms with E-state index in [4.69, 9.17) is 14.6 Å². The Labute approximate surface area is 330 Å². The zero-order valence-corrected chi connectivity index (χ0v) is 35.7. The molecule has 13 heteroatoms. The largest absolute Gasteiger partial charge is 0.379 e. The molecule has 1 aromatic rings. The van der Waals surface area contributed by atoms with E-state index in [9.17, 15) is 19.2 Å². The third-order valence-corrected chi connectivity index (χ3v) is 11.8. The molecule has 2 heterocycles. The summed E-state index contributed by atoms with van der Waals surface area (Å²) in [5, 5.41) is 11.3. The predicted molar refractivity (Wildman–Crippen MR) is 219 cm³/mol. The highest BCUT2D eigenvalue weighted by Gasteiger charge is 2.47. The first kappa shape index (κ1) is 47.4. The molecule has 12 nitrogen and oxygen atoms in total. The van der Waals surface area contributed by atoms with Gasteiger partial charge in [0.1, 0.15) is 0 Å². The van der Waals surface area contributed by atoms with E-state index in [0.29, 0.717) is 30.8 Å². The second kappa shape index (κ2) is 24.7. The maximum Gasteiger partial charge on any atom is 0.242 e. The molecule has 0 radical (unpaired) electrons. The Bertz CT molecular complexity index is 1270. The van der Waals surface area contributed by atoms with Gasteiger partial charge in [-0.3, -0.25) is 29.2 Å². The summed E-state index contributed by atoms with van der Waals surface area (Å²) in [5.74, 6) is 0.0446. The molecule has 1 aromatic carbocycles. The second-order valence-corrected chi connectivity index (χ2v) is 16.0. The lowest BCUT2D eigenvalue weighted by molar-refractivity contribution is -0.145. The molecule has 2 saturated heterocycles. The van der Waals surface area contributed by atoms with Crippen molar-refractivity contribution in [3.8, 4) is 0 Å². The average Bonchev–Trinajstić information content (AvgIpc) is 3.92. The van der Waals surface area contributed by atoms with Gasteiger partial charge in [0.25, 0.3) is 0 Å². The minimum atomic E-state index is -0.546. The molecule has 1 saturated carbocycles. The number of likely N-dealkylation sites (tertiary alicyclic amines) is 2. The van der Waals surface area contributed by atoms with E-state index in [2.05, 4.69) is 62.3 Å². The van der Waals surface area contributed by atoms with Crippen LogP contribution in [0.4, 0.5) is 0 Å². The van der Waals surface area contributed by atoms with Crippen LogP contribution in [-0.4, -0.2) is 128 Å². The molecule has 0 spiro atoms. The van der Waals surface area contributed by atoms with Crippen molar-refractivity contribution in [2.24, 2.45) is 22.9 Å². The molecule has 3 aliphatic rings. The van der Waals surface area contributed by atoms with Crippen LogP contribution >= 0.6 is 11.9 Å². The number of rotatable bonds is 17. The summed E-state index contributed by atoms with van der Waals surface area (Å²) in [5.41, 5.74) is 1.32. The lowest BCUT2D eigenvalue weighted by Crippen LogP contribution is -2.55. The van der Waals surface area contributed by atoms with Crippen molar-refractivity contribution < 1.29 is 28.7 Å². The third kappa shape index (κ3) is 13.5. The topological polar surface area (TPSA) is 147 Å². The van der Waals surface area contributed by atoms with Crippen molar-refractivity contribution in [1.82, 2.24) is 25.3 Å². The van der Waals surface area contributed by atoms with Crippen molar-refractivity contribution in [3.05, 3.63) is 35.9 Å². The van der Waals surface area contributed by atoms with E-state index in [0.717, 1.165) is 38.5 Å². The first-order valence-corrected chi connectivity index (χ1v) is 21.1. The van der Waals surface area contributed by atoms with Gasteiger partial charge in [-0.1, -0.05) is 95.3 Å². The quantitative estimate of drug-likeness (QED) is 0.152. The minimum Gasteiger partial charge on any atom is -0.379 e. The molecule has 54 heavy (non-hydrogen) atoms. The summed E-state index contributed by atoms with van der Waals surface area (Å²) in [4.78, 5) is 58.7. The average molecular weight is 777 g/mol. The fourth-order valence-electron chi connectivity index (χ4n) is 8.25. The third-order valence-electron chi connectivity index (χ3n) is 11.4. The smallest absolute Gasteiger partial charge is 0.242 e. The number of hydrogen-bond donors (Lipinski definition) is 3. The van der Waals surface area contributed by atoms with Crippen molar-refractivity contribution in [3.63, 3.8) is 0 Å². The number of benzene rings is 1. The van der Waals surface area contributed by atoms with Gasteiger partial charge in [-0.25, -0.2) is 0 Å². The molecule has 9 atom stereocenters. The standard InChI is InChI=1S/C31H56N6O6S.C7H8.C3H8/c1-8-19(2)27(36(5)26(39)18-34-31(41)28-21-11-12-22(16-21)35(28)4)24(42-6)17-25(38)37-14-9-10-23(37)29(43-7)20(3)30(40)33-13-15-44-32;1-7-5-3-2-4-6-7;1-3-2/h19-24,27-29H,8-18,32H2,1-7H3,(H,33,40)(H,34,41);2-6H,1H3;3H2,1-2H3. The Morgan fingerprint density at radius 2 is 1.69 bits per heavy atom. The van der Waals surface area contributed by atoms with E-state index in [1.807, 2.05) is 37.1 Å². The number of carbonyl (C=O) groups is 4. The van der Waals surface area contributed by atoms with Crippen LogP contribution in [0.3, 0.4) is 0 Å². The van der Waals surface area contributed by atoms with Gasteiger partial charge in [-0.15, -0.1) is 0 Å². The van der Waals surface area contributed by atoms with E-state index >= 15 is 0 Å². The van der Waals surface area contributed by atoms with Crippen LogP contribution in [0.2, 0.25) is 0 Å². The van der Waals surface area contributed by atoms with E-state index < -0.39 is 18.1 Å². The second-order valence-electron chi connectivity index (χ2n) is 15.2. The molecule has 0 aromatic heterocycles. The summed E-state index contributed by atoms with van der Waals surface area (Å²) < 4.78 is 11.7. The fourth-order valence-corrected chi connectivity index (χ4v) is 8.47. The molecule has 3 fully saturated rings. The van der Waals surface area contributed by atoms with Gasteiger partial charge < -0.3 is 29.9 Å².